The van der Waals surface area contributed by atoms with Crippen LogP contribution in [-0.2, 0) is 6.42 Å². The minimum Gasteiger partial charge on any atom is -0.506 e. The molecule has 1 N–H and O–H groups in total. The molecule has 0 saturated carbocycles. The van der Waals surface area contributed by atoms with Crippen LogP contribution in [0, 0.1) is 10.5 Å². The average Bonchev–Trinajstić information content (AvgIpc) is 1.99. The Bertz CT molecular complexity index is 250. The quantitative estimate of drug-likeness (QED) is 0.786. The minimum absolute atomic E-state index is 0.308. The fourth-order valence-corrected chi connectivity index (χ4v) is 2.33. The number of benzene rings is 1. The summed E-state index contributed by atoms with van der Waals surface area (Å²) in [6.07, 6.45) is 0.745. The van der Waals surface area contributed by atoms with Gasteiger partial charge >= 0.3 is 0 Å². The van der Waals surface area contributed by atoms with Crippen molar-refractivity contribution in [1.29, 1.82) is 0 Å². The summed E-state index contributed by atoms with van der Waals surface area (Å²) >= 11 is 5.35. The van der Waals surface area contributed by atoms with E-state index in [0.717, 1.165) is 20.0 Å². The van der Waals surface area contributed by atoms with E-state index in [1.807, 2.05) is 12.1 Å². The molecule has 0 fully saturated rings. The third-order valence-electron chi connectivity index (χ3n) is 1.37. The van der Waals surface area contributed by atoms with Crippen molar-refractivity contribution < 1.29 is 5.11 Å². The summed E-state index contributed by atoms with van der Waals surface area (Å²) < 4.78 is 1.60. The molecular formula is C8H7BrIO. The first-order valence-electron chi connectivity index (χ1n) is 3.11. The summed E-state index contributed by atoms with van der Waals surface area (Å²) in [5.41, 5.74) is 1.12. The second kappa shape index (κ2) is 3.76. The molecule has 0 atom stereocenters. The molecule has 3 heteroatoms. The molecule has 0 bridgehead atoms. The summed E-state index contributed by atoms with van der Waals surface area (Å²) in [6, 6.07) is 3.80. The van der Waals surface area contributed by atoms with Gasteiger partial charge in [-0.05, 0) is 69.6 Å². The Morgan fingerprint density at radius 1 is 1.55 bits per heavy atom. The second-order valence-electron chi connectivity index (χ2n) is 2.16. The van der Waals surface area contributed by atoms with Gasteiger partial charge in [0.2, 0.25) is 0 Å². The molecule has 0 spiro atoms. The van der Waals surface area contributed by atoms with Gasteiger partial charge in [0.1, 0.15) is 5.75 Å². The van der Waals surface area contributed by atoms with Crippen LogP contribution in [0.4, 0.5) is 0 Å². The fourth-order valence-electron chi connectivity index (χ4n) is 0.762. The lowest BCUT2D eigenvalue weighted by molar-refractivity contribution is 0.468. The molecule has 0 aromatic heterocycles. The summed E-state index contributed by atoms with van der Waals surface area (Å²) in [5, 5.41) is 9.35. The Morgan fingerprint density at radius 3 is 2.64 bits per heavy atom. The smallest absolute Gasteiger partial charge is 0.143 e. The number of halogens is 2. The Hall–Kier alpha value is 0.230. The first-order chi connectivity index (χ1) is 5.15. The molecule has 0 aliphatic carbocycles. The Kier molecular flexibility index (Phi) is 3.18. The third-order valence-corrected chi connectivity index (χ3v) is 2.79. The Morgan fingerprint density at radius 2 is 2.18 bits per heavy atom. The summed E-state index contributed by atoms with van der Waals surface area (Å²) in [7, 11) is 0. The maximum atomic E-state index is 9.35. The summed E-state index contributed by atoms with van der Waals surface area (Å²) in [5.74, 6) is 0.308. The molecule has 1 nitrogen and oxygen atoms in total. The largest absolute Gasteiger partial charge is 0.506 e. The monoisotopic (exact) mass is 325 g/mol. The van der Waals surface area contributed by atoms with Crippen LogP contribution in [0.5, 0.6) is 5.75 Å². The molecule has 11 heavy (non-hydrogen) atoms. The molecular weight excluding hydrogens is 319 g/mol. The number of phenolic OH excluding ortho intramolecular Hbond substituents is 1. The SMILES string of the molecule is [CH2]Cc1cc(Br)c(O)c(I)c1. The van der Waals surface area contributed by atoms with Crippen molar-refractivity contribution in [3.05, 3.63) is 32.7 Å². The maximum absolute atomic E-state index is 9.35. The van der Waals surface area contributed by atoms with E-state index in [1.54, 1.807) is 0 Å². The molecule has 0 aliphatic heterocycles. The normalized spacial score (nSPS) is 10.1. The van der Waals surface area contributed by atoms with Gasteiger partial charge < -0.3 is 5.11 Å². The highest BCUT2D eigenvalue weighted by Gasteiger charge is 2.03. The first-order valence-corrected chi connectivity index (χ1v) is 4.98. The van der Waals surface area contributed by atoms with Crippen LogP contribution in [0.3, 0.4) is 0 Å². The van der Waals surface area contributed by atoms with Gasteiger partial charge in [0, 0.05) is 0 Å². The van der Waals surface area contributed by atoms with E-state index in [1.165, 1.54) is 0 Å². The van der Waals surface area contributed by atoms with E-state index < -0.39 is 0 Å². The van der Waals surface area contributed by atoms with E-state index in [9.17, 15) is 5.11 Å². The van der Waals surface area contributed by atoms with Crippen LogP contribution < -0.4 is 0 Å². The molecule has 0 saturated heterocycles. The predicted octanol–water partition coefficient (Wildman–Crippen LogP) is 3.14. The molecule has 0 heterocycles. The molecule has 1 aromatic carbocycles. The lowest BCUT2D eigenvalue weighted by atomic mass is 10.2. The zero-order valence-corrected chi connectivity index (χ0v) is 9.52. The number of hydrogen-bond donors (Lipinski definition) is 1. The lowest BCUT2D eigenvalue weighted by Gasteiger charge is -2.02. The highest BCUT2D eigenvalue weighted by atomic mass is 127. The minimum atomic E-state index is 0.308. The standard InChI is InChI=1S/C8H7BrIO/c1-2-5-3-6(9)8(11)7(10)4-5/h3-4,11H,1-2H2. The van der Waals surface area contributed by atoms with E-state index in [4.69, 9.17) is 0 Å². The Balaban J connectivity index is 3.21. The van der Waals surface area contributed by atoms with Crippen LogP contribution in [0.1, 0.15) is 5.56 Å². The van der Waals surface area contributed by atoms with Crippen LogP contribution in [-0.4, -0.2) is 5.11 Å². The van der Waals surface area contributed by atoms with Gasteiger partial charge in [-0.3, -0.25) is 0 Å². The molecule has 0 unspecified atom stereocenters. The van der Waals surface area contributed by atoms with Crippen molar-refractivity contribution in [2.24, 2.45) is 0 Å². The summed E-state index contributed by atoms with van der Waals surface area (Å²) in [6.45, 7) is 3.76. The average molecular weight is 326 g/mol. The highest BCUT2D eigenvalue weighted by molar-refractivity contribution is 14.1. The number of phenols is 1. The highest BCUT2D eigenvalue weighted by Crippen LogP contribution is 2.30. The fraction of sp³-hybridized carbons (Fsp3) is 0.125. The van der Waals surface area contributed by atoms with Crippen molar-refractivity contribution in [2.75, 3.05) is 0 Å². The van der Waals surface area contributed by atoms with E-state index in [2.05, 4.69) is 45.4 Å². The zero-order valence-electron chi connectivity index (χ0n) is 5.77. The Labute approximate surface area is 88.1 Å². The molecule has 1 rings (SSSR count). The van der Waals surface area contributed by atoms with Crippen molar-refractivity contribution in [2.45, 2.75) is 6.42 Å². The van der Waals surface area contributed by atoms with Crippen molar-refractivity contribution in [3.8, 4) is 5.75 Å². The topological polar surface area (TPSA) is 20.2 Å². The number of aromatic hydroxyl groups is 1. The zero-order chi connectivity index (χ0) is 8.43. The van der Waals surface area contributed by atoms with Crippen molar-refractivity contribution >= 4 is 38.5 Å². The van der Waals surface area contributed by atoms with Gasteiger partial charge in [0.25, 0.3) is 0 Å². The van der Waals surface area contributed by atoms with Crippen LogP contribution in [0.25, 0.3) is 0 Å². The maximum Gasteiger partial charge on any atom is 0.143 e. The van der Waals surface area contributed by atoms with E-state index in [0.29, 0.717) is 5.75 Å². The number of hydrogen-bond acceptors (Lipinski definition) is 1. The van der Waals surface area contributed by atoms with Gasteiger partial charge in [0.05, 0.1) is 8.04 Å². The van der Waals surface area contributed by atoms with Crippen LogP contribution in [0.2, 0.25) is 0 Å². The molecule has 59 valence electrons. The predicted molar refractivity (Wildman–Crippen MR) is 57.6 cm³/mol. The molecule has 0 amide bonds. The second-order valence-corrected chi connectivity index (χ2v) is 4.17. The van der Waals surface area contributed by atoms with E-state index >= 15 is 0 Å². The lowest BCUT2D eigenvalue weighted by Crippen LogP contribution is -1.83. The first kappa shape index (κ1) is 9.32. The number of rotatable bonds is 1. The van der Waals surface area contributed by atoms with Gasteiger partial charge in [-0.15, -0.1) is 0 Å². The summed E-state index contributed by atoms with van der Waals surface area (Å²) in [4.78, 5) is 0. The van der Waals surface area contributed by atoms with Crippen LogP contribution >= 0.6 is 38.5 Å². The van der Waals surface area contributed by atoms with Gasteiger partial charge in [-0.25, -0.2) is 0 Å². The van der Waals surface area contributed by atoms with Gasteiger partial charge in [-0.2, -0.15) is 0 Å². The molecule has 0 aliphatic rings. The van der Waals surface area contributed by atoms with Crippen molar-refractivity contribution in [3.63, 3.8) is 0 Å². The van der Waals surface area contributed by atoms with Crippen LogP contribution in [0.15, 0.2) is 16.6 Å². The molecule has 1 aromatic rings. The van der Waals surface area contributed by atoms with Crippen molar-refractivity contribution in [1.82, 2.24) is 0 Å². The van der Waals surface area contributed by atoms with Gasteiger partial charge in [0.15, 0.2) is 0 Å². The molecule has 1 radical (unpaired) electrons. The van der Waals surface area contributed by atoms with Gasteiger partial charge in [-0.1, -0.05) is 0 Å². The third kappa shape index (κ3) is 2.08. The van der Waals surface area contributed by atoms with E-state index in [-0.39, 0.29) is 0 Å².